The number of aromatic amines is 1. The summed E-state index contributed by atoms with van der Waals surface area (Å²) in [5.74, 6) is 1.13. The predicted molar refractivity (Wildman–Crippen MR) is 86.6 cm³/mol. The molecule has 112 valence electrons. The number of fused-ring (bicyclic) bond motifs is 1. The van der Waals surface area contributed by atoms with Crippen LogP contribution < -0.4 is 5.32 Å². The number of H-pyrrole nitrogens is 1. The molecule has 1 fully saturated rings. The molecule has 4 nitrogen and oxygen atoms in total. The molecule has 0 bridgehead atoms. The first-order valence-electron chi connectivity index (χ1n) is 7.24. The van der Waals surface area contributed by atoms with E-state index >= 15 is 0 Å². The number of aliphatic hydroxyl groups is 1. The van der Waals surface area contributed by atoms with Crippen LogP contribution >= 0.6 is 11.8 Å². The largest absolute Gasteiger partial charge is 0.379 e. The van der Waals surface area contributed by atoms with Crippen molar-refractivity contribution in [2.75, 3.05) is 18.1 Å². The van der Waals surface area contributed by atoms with E-state index in [1.807, 2.05) is 12.3 Å². The summed E-state index contributed by atoms with van der Waals surface area (Å²) in [5.41, 5.74) is 2.40. The molecule has 0 spiro atoms. The Hall–Kier alpha value is -1.46. The highest BCUT2D eigenvalue weighted by Gasteiger charge is 2.39. The van der Waals surface area contributed by atoms with Crippen molar-refractivity contribution in [2.24, 2.45) is 0 Å². The molecule has 1 aliphatic heterocycles. The van der Waals surface area contributed by atoms with Crippen molar-refractivity contribution in [3.05, 3.63) is 35.5 Å². The number of nitrogens with one attached hydrogen (secondary N) is 2. The van der Waals surface area contributed by atoms with Gasteiger partial charge in [-0.25, -0.2) is 0 Å². The summed E-state index contributed by atoms with van der Waals surface area (Å²) in [4.78, 5) is 15.3. The van der Waals surface area contributed by atoms with Gasteiger partial charge in [-0.3, -0.25) is 4.79 Å². The van der Waals surface area contributed by atoms with Gasteiger partial charge in [0.1, 0.15) is 0 Å². The Labute approximate surface area is 128 Å². The summed E-state index contributed by atoms with van der Waals surface area (Å²) in [6, 6.07) is 6.19. The van der Waals surface area contributed by atoms with Crippen LogP contribution in [-0.4, -0.2) is 39.6 Å². The summed E-state index contributed by atoms with van der Waals surface area (Å²) in [6.45, 7) is 2.64. The van der Waals surface area contributed by atoms with Crippen molar-refractivity contribution < 1.29 is 9.90 Å². The van der Waals surface area contributed by atoms with Crippen LogP contribution in [0.2, 0.25) is 0 Å². The van der Waals surface area contributed by atoms with Crippen molar-refractivity contribution in [3.8, 4) is 0 Å². The van der Waals surface area contributed by atoms with E-state index in [9.17, 15) is 9.90 Å². The molecule has 1 aromatic carbocycles. The smallest absolute Gasteiger partial charge is 0.252 e. The third-order valence-electron chi connectivity index (χ3n) is 4.10. The molecule has 1 aliphatic rings. The Bertz CT molecular complexity index is 659. The third-order valence-corrected chi connectivity index (χ3v) is 5.27. The lowest BCUT2D eigenvalue weighted by Crippen LogP contribution is -2.47. The Morgan fingerprint density at radius 1 is 1.52 bits per heavy atom. The maximum atomic E-state index is 12.0. The van der Waals surface area contributed by atoms with Crippen molar-refractivity contribution in [1.82, 2.24) is 10.3 Å². The van der Waals surface area contributed by atoms with E-state index in [0.717, 1.165) is 17.7 Å². The first-order chi connectivity index (χ1) is 10.1. The maximum Gasteiger partial charge on any atom is 0.252 e. The molecule has 2 heterocycles. The Kier molecular flexibility index (Phi) is 3.95. The molecule has 0 aliphatic carbocycles. The number of hydrogen-bond acceptors (Lipinski definition) is 3. The molecule has 1 unspecified atom stereocenters. The van der Waals surface area contributed by atoms with E-state index in [-0.39, 0.29) is 5.91 Å². The minimum atomic E-state index is -1.17. The number of aryl methyl sites for hydroxylation is 1. The average molecular weight is 304 g/mol. The highest BCUT2D eigenvalue weighted by atomic mass is 32.2. The standard InChI is InChI=1S/C16H20N2O2S/c1-11-3-2-4-13-14(11)12(9-18-13)5-7-17-15(19)16(20)6-8-21-10-16/h2-4,9,18,20H,5-8,10H2,1H3,(H,17,19). The fourth-order valence-corrected chi connectivity index (χ4v) is 4.10. The monoisotopic (exact) mass is 304 g/mol. The molecule has 0 saturated carbocycles. The Balaban J connectivity index is 1.63. The second-order valence-electron chi connectivity index (χ2n) is 5.65. The number of aromatic nitrogens is 1. The van der Waals surface area contributed by atoms with E-state index in [4.69, 9.17) is 0 Å². The van der Waals surface area contributed by atoms with Gasteiger partial charge in [-0.1, -0.05) is 12.1 Å². The van der Waals surface area contributed by atoms with Gasteiger partial charge in [0.15, 0.2) is 5.60 Å². The van der Waals surface area contributed by atoms with Crippen LogP contribution in [0.1, 0.15) is 17.5 Å². The number of carbonyl (C=O) groups is 1. The van der Waals surface area contributed by atoms with Crippen LogP contribution in [0.15, 0.2) is 24.4 Å². The first kappa shape index (κ1) is 14.5. The highest BCUT2D eigenvalue weighted by molar-refractivity contribution is 7.99. The lowest BCUT2D eigenvalue weighted by atomic mass is 10.0. The SMILES string of the molecule is Cc1cccc2[nH]cc(CCNC(=O)C3(O)CCSC3)c12. The van der Waals surface area contributed by atoms with Crippen LogP contribution in [0.5, 0.6) is 0 Å². The Morgan fingerprint density at radius 3 is 3.14 bits per heavy atom. The number of rotatable bonds is 4. The summed E-state index contributed by atoms with van der Waals surface area (Å²) in [5, 5.41) is 14.3. The van der Waals surface area contributed by atoms with Crippen LogP contribution in [0.3, 0.4) is 0 Å². The third kappa shape index (κ3) is 2.80. The lowest BCUT2D eigenvalue weighted by Gasteiger charge is -2.20. The van der Waals surface area contributed by atoms with E-state index < -0.39 is 5.60 Å². The highest BCUT2D eigenvalue weighted by Crippen LogP contribution is 2.28. The maximum absolute atomic E-state index is 12.0. The van der Waals surface area contributed by atoms with Crippen molar-refractivity contribution in [2.45, 2.75) is 25.4 Å². The molecule has 1 aromatic heterocycles. The van der Waals surface area contributed by atoms with Crippen LogP contribution in [0.25, 0.3) is 10.9 Å². The average Bonchev–Trinajstić information content (AvgIpc) is 3.07. The van der Waals surface area contributed by atoms with Gasteiger partial charge in [0.25, 0.3) is 5.91 Å². The molecule has 3 N–H and O–H groups in total. The minimum absolute atomic E-state index is 0.232. The van der Waals surface area contributed by atoms with Crippen molar-refractivity contribution in [1.29, 1.82) is 0 Å². The number of benzene rings is 1. The second-order valence-corrected chi connectivity index (χ2v) is 6.76. The van der Waals surface area contributed by atoms with E-state index in [0.29, 0.717) is 18.7 Å². The summed E-state index contributed by atoms with van der Waals surface area (Å²) >= 11 is 1.63. The van der Waals surface area contributed by atoms with Gasteiger partial charge in [-0.05, 0) is 42.7 Å². The predicted octanol–water partition coefficient (Wildman–Crippen LogP) is 2.00. The molecule has 1 amide bonds. The molecule has 21 heavy (non-hydrogen) atoms. The van der Waals surface area contributed by atoms with Crippen molar-refractivity contribution >= 4 is 28.6 Å². The van der Waals surface area contributed by atoms with Crippen LogP contribution in [0, 0.1) is 6.92 Å². The topological polar surface area (TPSA) is 65.1 Å². The first-order valence-corrected chi connectivity index (χ1v) is 8.40. The molecule has 1 atom stereocenters. The summed E-state index contributed by atoms with van der Waals surface area (Å²) in [6.07, 6.45) is 3.32. The van der Waals surface area contributed by atoms with E-state index in [2.05, 4.69) is 29.4 Å². The molecular formula is C16H20N2O2S. The van der Waals surface area contributed by atoms with Gasteiger partial charge < -0.3 is 15.4 Å². The van der Waals surface area contributed by atoms with E-state index in [1.54, 1.807) is 11.8 Å². The van der Waals surface area contributed by atoms with Gasteiger partial charge in [-0.2, -0.15) is 11.8 Å². The van der Waals surface area contributed by atoms with Gasteiger partial charge in [0.2, 0.25) is 0 Å². The molecule has 3 rings (SSSR count). The zero-order valence-corrected chi connectivity index (χ0v) is 12.9. The number of hydrogen-bond donors (Lipinski definition) is 3. The molecule has 0 radical (unpaired) electrons. The fraction of sp³-hybridized carbons (Fsp3) is 0.438. The fourth-order valence-electron chi connectivity index (χ4n) is 2.86. The minimum Gasteiger partial charge on any atom is -0.379 e. The Morgan fingerprint density at radius 2 is 2.38 bits per heavy atom. The van der Waals surface area contributed by atoms with Gasteiger partial charge in [0, 0.05) is 29.4 Å². The molecular weight excluding hydrogens is 284 g/mol. The summed E-state index contributed by atoms with van der Waals surface area (Å²) < 4.78 is 0. The van der Waals surface area contributed by atoms with Crippen LogP contribution in [-0.2, 0) is 11.2 Å². The molecule has 2 aromatic rings. The number of amides is 1. The number of carbonyl (C=O) groups excluding carboxylic acids is 1. The van der Waals surface area contributed by atoms with Crippen molar-refractivity contribution in [3.63, 3.8) is 0 Å². The number of thioether (sulfide) groups is 1. The van der Waals surface area contributed by atoms with Gasteiger partial charge >= 0.3 is 0 Å². The zero-order valence-electron chi connectivity index (χ0n) is 12.1. The van der Waals surface area contributed by atoms with E-state index in [1.165, 1.54) is 16.5 Å². The summed E-state index contributed by atoms with van der Waals surface area (Å²) in [7, 11) is 0. The van der Waals surface area contributed by atoms with Gasteiger partial charge in [0.05, 0.1) is 0 Å². The molecule has 5 heteroatoms. The molecule has 1 saturated heterocycles. The quantitative estimate of drug-likeness (QED) is 0.809. The zero-order chi connectivity index (χ0) is 14.9. The second kappa shape index (κ2) is 5.73. The lowest BCUT2D eigenvalue weighted by molar-refractivity contribution is -0.137. The van der Waals surface area contributed by atoms with Crippen LogP contribution in [0.4, 0.5) is 0 Å². The van der Waals surface area contributed by atoms with Gasteiger partial charge in [-0.15, -0.1) is 0 Å². The normalized spacial score (nSPS) is 21.8.